The predicted molar refractivity (Wildman–Crippen MR) is 76.7 cm³/mol. The van der Waals surface area contributed by atoms with Gasteiger partial charge >= 0.3 is 0 Å². The topological polar surface area (TPSA) is 29.1 Å². The van der Waals surface area contributed by atoms with Crippen molar-refractivity contribution in [2.24, 2.45) is 0 Å². The Morgan fingerprint density at radius 1 is 1.21 bits per heavy atom. The highest BCUT2D eigenvalue weighted by molar-refractivity contribution is 9.10. The molecule has 0 heterocycles. The quantitative estimate of drug-likeness (QED) is 0.891. The highest BCUT2D eigenvalue weighted by atomic mass is 79.9. The molecule has 5 heteroatoms. The molecule has 0 spiro atoms. The van der Waals surface area contributed by atoms with Crippen molar-refractivity contribution < 1.29 is 9.18 Å². The first-order chi connectivity index (χ1) is 9.06. The number of halogens is 3. The lowest BCUT2D eigenvalue weighted by molar-refractivity contribution is 0.0947. The van der Waals surface area contributed by atoms with E-state index in [1.54, 1.807) is 30.3 Å². The highest BCUT2D eigenvalue weighted by Crippen LogP contribution is 2.15. The monoisotopic (exact) mass is 341 g/mol. The lowest BCUT2D eigenvalue weighted by atomic mass is 10.2. The summed E-state index contributed by atoms with van der Waals surface area (Å²) in [7, 11) is 0. The van der Waals surface area contributed by atoms with Crippen molar-refractivity contribution in [3.8, 4) is 0 Å². The summed E-state index contributed by atoms with van der Waals surface area (Å²) < 4.78 is 14.2. The number of carbonyl (C=O) groups is 1. The number of hydrogen-bond acceptors (Lipinski definition) is 1. The van der Waals surface area contributed by atoms with Crippen molar-refractivity contribution in [1.29, 1.82) is 0 Å². The third-order valence-corrected chi connectivity index (χ3v) is 3.29. The summed E-state index contributed by atoms with van der Waals surface area (Å²) in [6, 6.07) is 11.4. The molecule has 98 valence electrons. The van der Waals surface area contributed by atoms with Gasteiger partial charge in [-0.05, 0) is 35.9 Å². The molecule has 0 radical (unpaired) electrons. The van der Waals surface area contributed by atoms with Gasteiger partial charge < -0.3 is 5.32 Å². The number of carbonyl (C=O) groups excluding carboxylic acids is 1. The Morgan fingerprint density at radius 3 is 2.53 bits per heavy atom. The molecule has 2 rings (SSSR count). The predicted octanol–water partition coefficient (Wildman–Crippen LogP) is 4.17. The van der Waals surface area contributed by atoms with Crippen LogP contribution in [-0.4, -0.2) is 5.91 Å². The van der Waals surface area contributed by atoms with E-state index in [1.807, 2.05) is 0 Å². The lowest BCUT2D eigenvalue weighted by Gasteiger charge is -2.06. The van der Waals surface area contributed by atoms with Gasteiger partial charge in [0.2, 0.25) is 0 Å². The molecule has 0 aliphatic rings. The van der Waals surface area contributed by atoms with Crippen molar-refractivity contribution >= 4 is 33.4 Å². The third-order valence-electron chi connectivity index (χ3n) is 2.54. The Labute approximate surface area is 123 Å². The van der Waals surface area contributed by atoms with Crippen molar-refractivity contribution in [2.45, 2.75) is 6.54 Å². The van der Waals surface area contributed by atoms with Crippen LogP contribution in [-0.2, 0) is 6.54 Å². The molecular weight excluding hydrogens is 333 g/mol. The van der Waals surface area contributed by atoms with E-state index < -0.39 is 11.7 Å². The van der Waals surface area contributed by atoms with Crippen LogP contribution in [0.5, 0.6) is 0 Å². The van der Waals surface area contributed by atoms with E-state index in [2.05, 4.69) is 21.2 Å². The van der Waals surface area contributed by atoms with Crippen LogP contribution in [0.2, 0.25) is 5.02 Å². The molecule has 0 bridgehead atoms. The minimum Gasteiger partial charge on any atom is -0.348 e. The average molecular weight is 343 g/mol. The average Bonchev–Trinajstić information content (AvgIpc) is 2.37. The third kappa shape index (κ3) is 3.78. The van der Waals surface area contributed by atoms with Gasteiger partial charge in [-0.3, -0.25) is 4.79 Å². The van der Waals surface area contributed by atoms with Crippen LogP contribution in [0.1, 0.15) is 15.9 Å². The standard InChI is InChI=1S/C14H10BrClFNO/c15-10-3-6-12(13(17)7-10)14(19)18-8-9-1-4-11(16)5-2-9/h1-7H,8H2,(H,18,19). The number of hydrogen-bond donors (Lipinski definition) is 1. The zero-order chi connectivity index (χ0) is 13.8. The van der Waals surface area contributed by atoms with Crippen LogP contribution in [0.15, 0.2) is 46.9 Å². The summed E-state index contributed by atoms with van der Waals surface area (Å²) in [5.41, 5.74) is 0.924. The second kappa shape index (κ2) is 6.17. The molecule has 2 aromatic rings. The molecule has 2 aromatic carbocycles. The van der Waals surface area contributed by atoms with E-state index in [0.29, 0.717) is 16.0 Å². The fourth-order valence-electron chi connectivity index (χ4n) is 1.55. The lowest BCUT2D eigenvalue weighted by Crippen LogP contribution is -2.23. The van der Waals surface area contributed by atoms with Crippen molar-refractivity contribution in [2.75, 3.05) is 0 Å². The summed E-state index contributed by atoms with van der Waals surface area (Å²) in [6.45, 7) is 0.325. The largest absolute Gasteiger partial charge is 0.348 e. The molecule has 1 N–H and O–H groups in total. The molecule has 0 unspecified atom stereocenters. The highest BCUT2D eigenvalue weighted by Gasteiger charge is 2.11. The second-order valence-corrected chi connectivity index (χ2v) is 5.29. The van der Waals surface area contributed by atoms with Crippen LogP contribution in [0, 0.1) is 5.82 Å². The molecular formula is C14H10BrClFNO. The second-order valence-electron chi connectivity index (χ2n) is 3.93. The smallest absolute Gasteiger partial charge is 0.254 e. The SMILES string of the molecule is O=C(NCc1ccc(Cl)cc1)c1ccc(Br)cc1F. The Morgan fingerprint density at radius 2 is 1.89 bits per heavy atom. The van der Waals surface area contributed by atoms with Crippen LogP contribution in [0.3, 0.4) is 0 Å². The molecule has 1 amide bonds. The number of nitrogens with one attached hydrogen (secondary N) is 1. The fraction of sp³-hybridized carbons (Fsp3) is 0.0714. The first kappa shape index (κ1) is 14.0. The van der Waals surface area contributed by atoms with Gasteiger partial charge in [-0.2, -0.15) is 0 Å². The first-order valence-electron chi connectivity index (χ1n) is 5.54. The summed E-state index contributed by atoms with van der Waals surface area (Å²) in [4.78, 5) is 11.8. The van der Waals surface area contributed by atoms with Crippen LogP contribution >= 0.6 is 27.5 Å². The van der Waals surface area contributed by atoms with Crippen molar-refractivity contribution in [3.05, 3.63) is 68.9 Å². The fourth-order valence-corrected chi connectivity index (χ4v) is 2.01. The summed E-state index contributed by atoms with van der Waals surface area (Å²) in [6.07, 6.45) is 0. The van der Waals surface area contributed by atoms with Gasteiger partial charge in [-0.1, -0.05) is 39.7 Å². The van der Waals surface area contributed by atoms with Crippen LogP contribution in [0.4, 0.5) is 4.39 Å². The molecule has 0 atom stereocenters. The van der Waals surface area contributed by atoms with E-state index >= 15 is 0 Å². The zero-order valence-electron chi connectivity index (χ0n) is 9.79. The molecule has 0 saturated heterocycles. The van der Waals surface area contributed by atoms with Gasteiger partial charge in [0.25, 0.3) is 5.91 Å². The zero-order valence-corrected chi connectivity index (χ0v) is 12.1. The summed E-state index contributed by atoms with van der Waals surface area (Å²) in [5, 5.41) is 3.29. The normalized spacial score (nSPS) is 10.3. The Kier molecular flexibility index (Phi) is 4.56. The van der Waals surface area contributed by atoms with Crippen molar-refractivity contribution in [1.82, 2.24) is 5.32 Å². The van der Waals surface area contributed by atoms with E-state index in [1.165, 1.54) is 12.1 Å². The molecule has 0 fully saturated rings. The van der Waals surface area contributed by atoms with Crippen molar-refractivity contribution in [3.63, 3.8) is 0 Å². The Balaban J connectivity index is 2.03. The summed E-state index contributed by atoms with van der Waals surface area (Å²) >= 11 is 8.91. The van der Waals surface area contributed by atoms with Gasteiger partial charge in [0.05, 0.1) is 5.56 Å². The number of benzene rings is 2. The van der Waals surface area contributed by atoms with Crippen LogP contribution in [0.25, 0.3) is 0 Å². The first-order valence-corrected chi connectivity index (χ1v) is 6.71. The Hall–Kier alpha value is -1.39. The maximum atomic E-state index is 13.6. The van der Waals surface area contributed by atoms with Crippen LogP contribution < -0.4 is 5.32 Å². The molecule has 19 heavy (non-hydrogen) atoms. The molecule has 0 aromatic heterocycles. The maximum absolute atomic E-state index is 13.6. The Bertz CT molecular complexity index is 601. The van der Waals surface area contributed by atoms with E-state index in [4.69, 9.17) is 11.6 Å². The minimum absolute atomic E-state index is 0.0252. The van der Waals surface area contributed by atoms with Gasteiger partial charge in [0.1, 0.15) is 5.82 Å². The maximum Gasteiger partial charge on any atom is 0.254 e. The van der Waals surface area contributed by atoms with Gasteiger partial charge in [0.15, 0.2) is 0 Å². The van der Waals surface area contributed by atoms with Gasteiger partial charge in [-0.25, -0.2) is 4.39 Å². The van der Waals surface area contributed by atoms with E-state index in [9.17, 15) is 9.18 Å². The minimum atomic E-state index is -0.553. The molecule has 0 saturated carbocycles. The number of rotatable bonds is 3. The molecule has 2 nitrogen and oxygen atoms in total. The van der Waals surface area contributed by atoms with Gasteiger partial charge in [0, 0.05) is 16.0 Å². The van der Waals surface area contributed by atoms with E-state index in [-0.39, 0.29) is 5.56 Å². The van der Waals surface area contributed by atoms with Gasteiger partial charge in [-0.15, -0.1) is 0 Å². The number of amides is 1. The van der Waals surface area contributed by atoms with E-state index in [0.717, 1.165) is 5.56 Å². The molecule has 0 aliphatic heterocycles. The molecule has 0 aliphatic carbocycles. The summed E-state index contributed by atoms with van der Waals surface area (Å²) in [5.74, 6) is -0.997.